The molecule has 0 aliphatic carbocycles. The van der Waals surface area contributed by atoms with Crippen LogP contribution in [0.4, 0.5) is 0 Å². The molecule has 3 aliphatic heterocycles. The Morgan fingerprint density at radius 3 is 1.45 bits per heavy atom. The van der Waals surface area contributed by atoms with Crippen LogP contribution in [0.1, 0.15) is 38.5 Å². The van der Waals surface area contributed by atoms with E-state index < -0.39 is 0 Å². The van der Waals surface area contributed by atoms with Gasteiger partial charge in [0.25, 0.3) is 0 Å². The Morgan fingerprint density at radius 1 is 0.650 bits per heavy atom. The van der Waals surface area contributed by atoms with E-state index in [1.54, 1.807) is 0 Å². The second kappa shape index (κ2) is 7.74. The SMILES string of the molecule is C1CCC(CN2CCN(CC3CCCCO3)CC2)OC1. The van der Waals surface area contributed by atoms with E-state index in [1.165, 1.54) is 64.7 Å². The lowest BCUT2D eigenvalue weighted by Crippen LogP contribution is -2.51. The molecule has 0 radical (unpaired) electrons. The second-order valence-electron chi connectivity index (χ2n) is 6.58. The zero-order valence-corrected chi connectivity index (χ0v) is 12.8. The topological polar surface area (TPSA) is 24.9 Å². The van der Waals surface area contributed by atoms with Gasteiger partial charge in [-0.3, -0.25) is 9.80 Å². The van der Waals surface area contributed by atoms with Crippen LogP contribution >= 0.6 is 0 Å². The molecule has 0 aromatic rings. The molecule has 3 fully saturated rings. The van der Waals surface area contributed by atoms with Crippen molar-refractivity contribution in [3.8, 4) is 0 Å². The number of piperazine rings is 1. The summed E-state index contributed by atoms with van der Waals surface area (Å²) in [6.07, 6.45) is 8.73. The van der Waals surface area contributed by atoms with Gasteiger partial charge in [0.2, 0.25) is 0 Å². The highest BCUT2D eigenvalue weighted by atomic mass is 16.5. The van der Waals surface area contributed by atoms with Crippen molar-refractivity contribution in [1.82, 2.24) is 9.80 Å². The van der Waals surface area contributed by atoms with E-state index in [0.29, 0.717) is 12.2 Å². The molecule has 2 unspecified atom stereocenters. The number of rotatable bonds is 4. The molecule has 3 aliphatic rings. The van der Waals surface area contributed by atoms with Gasteiger partial charge in [0.1, 0.15) is 0 Å². The van der Waals surface area contributed by atoms with Crippen molar-refractivity contribution < 1.29 is 9.47 Å². The number of hydrogen-bond donors (Lipinski definition) is 0. The monoisotopic (exact) mass is 282 g/mol. The lowest BCUT2D eigenvalue weighted by atomic mass is 10.1. The summed E-state index contributed by atoms with van der Waals surface area (Å²) < 4.78 is 11.7. The largest absolute Gasteiger partial charge is 0.377 e. The standard InChI is InChI=1S/C16H30N2O2/c1-3-11-19-15(5-1)13-17-7-9-18(10-8-17)14-16-6-2-4-12-20-16/h15-16H,1-14H2. The van der Waals surface area contributed by atoms with Crippen LogP contribution in [0.3, 0.4) is 0 Å². The van der Waals surface area contributed by atoms with E-state index in [4.69, 9.17) is 9.47 Å². The molecule has 0 bridgehead atoms. The highest BCUT2D eigenvalue weighted by Gasteiger charge is 2.24. The van der Waals surface area contributed by atoms with E-state index in [9.17, 15) is 0 Å². The molecular weight excluding hydrogens is 252 g/mol. The van der Waals surface area contributed by atoms with E-state index in [1.807, 2.05) is 0 Å². The van der Waals surface area contributed by atoms with E-state index in [2.05, 4.69) is 9.80 Å². The summed E-state index contributed by atoms with van der Waals surface area (Å²) in [4.78, 5) is 5.18. The predicted molar refractivity (Wildman–Crippen MR) is 80.1 cm³/mol. The van der Waals surface area contributed by atoms with E-state index >= 15 is 0 Å². The zero-order chi connectivity index (χ0) is 13.6. The fourth-order valence-corrected chi connectivity index (χ4v) is 3.63. The van der Waals surface area contributed by atoms with Crippen molar-refractivity contribution in [3.05, 3.63) is 0 Å². The Kier molecular flexibility index (Phi) is 5.71. The smallest absolute Gasteiger partial charge is 0.0702 e. The molecule has 2 atom stereocenters. The third-order valence-electron chi connectivity index (χ3n) is 4.94. The summed E-state index contributed by atoms with van der Waals surface area (Å²) in [5, 5.41) is 0. The van der Waals surface area contributed by atoms with E-state index in [-0.39, 0.29) is 0 Å². The first-order chi connectivity index (χ1) is 9.90. The van der Waals surface area contributed by atoms with Gasteiger partial charge in [-0.25, -0.2) is 0 Å². The molecule has 3 heterocycles. The molecule has 0 aromatic heterocycles. The maximum atomic E-state index is 5.85. The first kappa shape index (κ1) is 14.8. The molecule has 0 spiro atoms. The minimum Gasteiger partial charge on any atom is -0.377 e. The quantitative estimate of drug-likeness (QED) is 0.784. The summed E-state index contributed by atoms with van der Waals surface area (Å²) in [5.41, 5.74) is 0. The number of nitrogens with zero attached hydrogens (tertiary/aromatic N) is 2. The van der Waals surface area contributed by atoms with Gasteiger partial charge in [-0.2, -0.15) is 0 Å². The van der Waals surface area contributed by atoms with Gasteiger partial charge in [0, 0.05) is 52.5 Å². The van der Waals surface area contributed by atoms with Gasteiger partial charge in [0.15, 0.2) is 0 Å². The van der Waals surface area contributed by atoms with Gasteiger partial charge in [0.05, 0.1) is 12.2 Å². The van der Waals surface area contributed by atoms with Gasteiger partial charge >= 0.3 is 0 Å². The van der Waals surface area contributed by atoms with Crippen molar-refractivity contribution in [3.63, 3.8) is 0 Å². The molecule has 0 amide bonds. The van der Waals surface area contributed by atoms with Crippen LogP contribution < -0.4 is 0 Å². The summed E-state index contributed by atoms with van der Waals surface area (Å²) in [6.45, 7) is 9.05. The lowest BCUT2D eigenvalue weighted by Gasteiger charge is -2.38. The van der Waals surface area contributed by atoms with Crippen LogP contribution in [0, 0.1) is 0 Å². The second-order valence-corrected chi connectivity index (χ2v) is 6.58. The summed E-state index contributed by atoms with van der Waals surface area (Å²) in [7, 11) is 0. The normalized spacial score (nSPS) is 34.2. The molecule has 3 saturated heterocycles. The first-order valence-electron chi connectivity index (χ1n) is 8.58. The molecule has 0 aromatic carbocycles. The highest BCUT2D eigenvalue weighted by Crippen LogP contribution is 2.17. The van der Waals surface area contributed by atoms with Gasteiger partial charge in [-0.05, 0) is 38.5 Å². The Labute approximate surface area is 123 Å². The maximum absolute atomic E-state index is 5.85. The third kappa shape index (κ3) is 4.42. The first-order valence-corrected chi connectivity index (χ1v) is 8.58. The van der Waals surface area contributed by atoms with Crippen molar-refractivity contribution in [2.24, 2.45) is 0 Å². The summed E-state index contributed by atoms with van der Waals surface area (Å²) in [6, 6.07) is 0. The Morgan fingerprint density at radius 2 is 1.10 bits per heavy atom. The van der Waals surface area contributed by atoms with Crippen LogP contribution in [0.15, 0.2) is 0 Å². The summed E-state index contributed by atoms with van der Waals surface area (Å²) >= 11 is 0. The predicted octanol–water partition coefficient (Wildman–Crippen LogP) is 1.74. The van der Waals surface area contributed by atoms with Crippen LogP contribution in [-0.4, -0.2) is 74.5 Å². The molecule has 116 valence electrons. The minimum absolute atomic E-state index is 0.497. The van der Waals surface area contributed by atoms with Crippen molar-refractivity contribution in [1.29, 1.82) is 0 Å². The third-order valence-corrected chi connectivity index (χ3v) is 4.94. The molecule has 0 saturated carbocycles. The highest BCUT2D eigenvalue weighted by molar-refractivity contribution is 4.78. The average Bonchev–Trinajstić information content (AvgIpc) is 2.51. The molecule has 4 nitrogen and oxygen atoms in total. The van der Waals surface area contributed by atoms with Gasteiger partial charge < -0.3 is 9.47 Å². The van der Waals surface area contributed by atoms with Crippen molar-refractivity contribution in [2.75, 3.05) is 52.5 Å². The van der Waals surface area contributed by atoms with Crippen molar-refractivity contribution >= 4 is 0 Å². The molecule has 20 heavy (non-hydrogen) atoms. The van der Waals surface area contributed by atoms with Crippen LogP contribution in [-0.2, 0) is 9.47 Å². The van der Waals surface area contributed by atoms with Crippen LogP contribution in [0.5, 0.6) is 0 Å². The Balaban J connectivity index is 1.33. The fourth-order valence-electron chi connectivity index (χ4n) is 3.63. The van der Waals surface area contributed by atoms with Crippen LogP contribution in [0.25, 0.3) is 0 Å². The molecule has 4 heteroatoms. The maximum Gasteiger partial charge on any atom is 0.0702 e. The van der Waals surface area contributed by atoms with Gasteiger partial charge in [-0.1, -0.05) is 0 Å². The van der Waals surface area contributed by atoms with Crippen molar-refractivity contribution in [2.45, 2.75) is 50.7 Å². The Hall–Kier alpha value is -0.160. The minimum atomic E-state index is 0.497. The van der Waals surface area contributed by atoms with Crippen LogP contribution in [0.2, 0.25) is 0 Å². The van der Waals surface area contributed by atoms with E-state index in [0.717, 1.165) is 26.3 Å². The Bertz CT molecular complexity index is 240. The van der Waals surface area contributed by atoms with Gasteiger partial charge in [-0.15, -0.1) is 0 Å². The molecular formula is C16H30N2O2. The average molecular weight is 282 g/mol. The zero-order valence-electron chi connectivity index (χ0n) is 12.8. The lowest BCUT2D eigenvalue weighted by molar-refractivity contribution is -0.0299. The fraction of sp³-hybridized carbons (Fsp3) is 1.00. The number of ether oxygens (including phenoxy) is 2. The molecule has 3 rings (SSSR count). The molecule has 0 N–H and O–H groups in total. The number of hydrogen-bond acceptors (Lipinski definition) is 4. The summed E-state index contributed by atoms with van der Waals surface area (Å²) in [5.74, 6) is 0.